The smallest absolute Gasteiger partial charge is 0.219 e. The van der Waals surface area contributed by atoms with Crippen molar-refractivity contribution in [3.63, 3.8) is 0 Å². The lowest BCUT2D eigenvalue weighted by molar-refractivity contribution is 0.349. The Labute approximate surface area is 119 Å². The summed E-state index contributed by atoms with van der Waals surface area (Å²) in [5.41, 5.74) is 1.86. The number of benzene rings is 1. The average molecular weight is 294 g/mol. The number of hydrogen-bond acceptors (Lipinski definition) is 4. The fourth-order valence-electron chi connectivity index (χ4n) is 2.00. The summed E-state index contributed by atoms with van der Waals surface area (Å²) < 4.78 is 31.0. The third-order valence-corrected chi connectivity index (χ3v) is 4.96. The molecule has 5 nitrogen and oxygen atoms in total. The number of sulfonamides is 1. The van der Waals surface area contributed by atoms with Gasteiger partial charge in [-0.3, -0.25) is 0 Å². The molecule has 0 aliphatic carbocycles. The van der Waals surface area contributed by atoms with Gasteiger partial charge in [0.2, 0.25) is 10.0 Å². The Morgan fingerprint density at radius 3 is 2.75 bits per heavy atom. The van der Waals surface area contributed by atoms with Crippen molar-refractivity contribution in [2.45, 2.75) is 25.2 Å². The molecular formula is C14H18N2O3S. The summed E-state index contributed by atoms with van der Waals surface area (Å²) in [5.74, 6) is -0.0742. The van der Waals surface area contributed by atoms with E-state index in [0.717, 1.165) is 17.5 Å². The first-order valence-electron chi connectivity index (χ1n) is 6.59. The summed E-state index contributed by atoms with van der Waals surface area (Å²) >= 11 is 0. The van der Waals surface area contributed by atoms with Crippen molar-refractivity contribution in [1.82, 2.24) is 4.31 Å². The van der Waals surface area contributed by atoms with Crippen molar-refractivity contribution in [3.05, 3.63) is 35.4 Å². The van der Waals surface area contributed by atoms with Gasteiger partial charge in [-0.05, 0) is 17.5 Å². The molecule has 1 aromatic carbocycles. The van der Waals surface area contributed by atoms with Gasteiger partial charge in [0.1, 0.15) is 6.54 Å². The summed E-state index contributed by atoms with van der Waals surface area (Å²) in [5, 5.41) is 8.78. The van der Waals surface area contributed by atoms with Gasteiger partial charge in [-0.1, -0.05) is 31.2 Å². The highest BCUT2D eigenvalue weighted by atomic mass is 32.2. The predicted octanol–water partition coefficient (Wildman–Crippen LogP) is 1.30. The number of rotatable bonds is 7. The Morgan fingerprint density at radius 2 is 2.15 bits per heavy atom. The van der Waals surface area contributed by atoms with Crippen LogP contribution in [0.3, 0.4) is 0 Å². The fraction of sp³-hybridized carbons (Fsp3) is 0.500. The Bertz CT molecular complexity index is 603. The largest absolute Gasteiger partial charge is 0.372 e. The van der Waals surface area contributed by atoms with E-state index in [9.17, 15) is 8.42 Å². The minimum Gasteiger partial charge on any atom is -0.372 e. The predicted molar refractivity (Wildman–Crippen MR) is 75.4 cm³/mol. The lowest BCUT2D eigenvalue weighted by Crippen LogP contribution is -2.35. The molecule has 1 aromatic rings. The van der Waals surface area contributed by atoms with E-state index >= 15 is 0 Å². The molecule has 0 radical (unpaired) electrons. The fourth-order valence-corrected chi connectivity index (χ4v) is 3.43. The van der Waals surface area contributed by atoms with Crippen molar-refractivity contribution >= 4 is 10.0 Å². The molecule has 0 amide bonds. The Hall–Kier alpha value is -1.42. The van der Waals surface area contributed by atoms with Gasteiger partial charge in [0.15, 0.2) is 0 Å². The van der Waals surface area contributed by atoms with E-state index in [0.29, 0.717) is 6.61 Å². The third kappa shape index (κ3) is 4.04. The molecule has 0 bridgehead atoms. The molecule has 108 valence electrons. The number of hydrogen-bond donors (Lipinski definition) is 0. The van der Waals surface area contributed by atoms with Crippen LogP contribution in [0.4, 0.5) is 0 Å². The third-order valence-electron chi connectivity index (χ3n) is 3.20. The Balaban J connectivity index is 2.12. The van der Waals surface area contributed by atoms with Crippen LogP contribution in [0.2, 0.25) is 0 Å². The maximum absolute atomic E-state index is 12.4. The van der Waals surface area contributed by atoms with Gasteiger partial charge in [-0.25, -0.2) is 8.42 Å². The minimum absolute atomic E-state index is 0.0555. The summed E-state index contributed by atoms with van der Waals surface area (Å²) in [6, 6.07) is 9.44. The van der Waals surface area contributed by atoms with Crippen molar-refractivity contribution in [2.75, 3.05) is 19.7 Å². The van der Waals surface area contributed by atoms with Crippen LogP contribution in [0, 0.1) is 11.3 Å². The van der Waals surface area contributed by atoms with Gasteiger partial charge in [0.05, 0.1) is 24.5 Å². The molecule has 1 aliphatic rings. The maximum Gasteiger partial charge on any atom is 0.219 e. The van der Waals surface area contributed by atoms with E-state index in [2.05, 4.69) is 0 Å². The second-order valence-corrected chi connectivity index (χ2v) is 6.80. The van der Waals surface area contributed by atoms with Gasteiger partial charge >= 0.3 is 0 Å². The monoisotopic (exact) mass is 294 g/mol. The molecule has 0 spiro atoms. The second-order valence-electron chi connectivity index (χ2n) is 4.84. The van der Waals surface area contributed by atoms with Gasteiger partial charge in [-0.2, -0.15) is 9.57 Å². The van der Waals surface area contributed by atoms with Crippen molar-refractivity contribution < 1.29 is 13.2 Å². The molecule has 1 aliphatic heterocycles. The van der Waals surface area contributed by atoms with Crippen LogP contribution < -0.4 is 0 Å². The van der Waals surface area contributed by atoms with Crippen LogP contribution in [0.1, 0.15) is 18.1 Å². The van der Waals surface area contributed by atoms with E-state index in [1.807, 2.05) is 31.2 Å². The number of aryl methyl sites for hydroxylation is 1. The normalized spacial score (nSPS) is 17.9. The zero-order chi connectivity index (χ0) is 14.6. The lowest BCUT2D eigenvalue weighted by Gasteiger charge is -2.18. The van der Waals surface area contributed by atoms with Crippen LogP contribution in [0.5, 0.6) is 0 Å². The summed E-state index contributed by atoms with van der Waals surface area (Å²) in [4.78, 5) is 0. The van der Waals surface area contributed by atoms with Gasteiger partial charge < -0.3 is 4.74 Å². The van der Waals surface area contributed by atoms with E-state index in [-0.39, 0.29) is 24.9 Å². The molecule has 1 atom stereocenters. The molecule has 2 rings (SSSR count). The molecule has 0 aromatic heterocycles. The van der Waals surface area contributed by atoms with Crippen LogP contribution in [0.25, 0.3) is 0 Å². The van der Waals surface area contributed by atoms with E-state index in [4.69, 9.17) is 10.00 Å². The highest BCUT2D eigenvalue weighted by Crippen LogP contribution is 2.17. The van der Waals surface area contributed by atoms with Crippen LogP contribution in [-0.2, 0) is 26.9 Å². The van der Waals surface area contributed by atoms with Crippen LogP contribution in [-0.4, -0.2) is 38.5 Å². The molecule has 0 saturated carbocycles. The van der Waals surface area contributed by atoms with Gasteiger partial charge in [0, 0.05) is 6.54 Å². The zero-order valence-electron chi connectivity index (χ0n) is 11.4. The van der Waals surface area contributed by atoms with Crippen LogP contribution in [0.15, 0.2) is 24.3 Å². The van der Waals surface area contributed by atoms with Crippen molar-refractivity contribution in [2.24, 2.45) is 0 Å². The van der Waals surface area contributed by atoms with Crippen LogP contribution >= 0.6 is 0 Å². The Kier molecular flexibility index (Phi) is 4.76. The lowest BCUT2D eigenvalue weighted by atomic mass is 10.1. The zero-order valence-corrected chi connectivity index (χ0v) is 12.3. The second kappa shape index (κ2) is 6.35. The topological polar surface area (TPSA) is 73.7 Å². The first-order valence-corrected chi connectivity index (χ1v) is 8.20. The molecule has 20 heavy (non-hydrogen) atoms. The molecule has 1 saturated heterocycles. The molecule has 6 heteroatoms. The molecule has 1 unspecified atom stereocenters. The maximum atomic E-state index is 12.4. The number of nitriles is 1. The van der Waals surface area contributed by atoms with Crippen molar-refractivity contribution in [3.8, 4) is 6.07 Å². The van der Waals surface area contributed by atoms with E-state index < -0.39 is 10.0 Å². The van der Waals surface area contributed by atoms with E-state index in [1.54, 1.807) is 6.07 Å². The summed E-state index contributed by atoms with van der Waals surface area (Å²) in [7, 11) is -3.49. The molecule has 1 fully saturated rings. The minimum atomic E-state index is -3.49. The summed E-state index contributed by atoms with van der Waals surface area (Å²) in [6.07, 6.45) is 0.811. The summed E-state index contributed by atoms with van der Waals surface area (Å²) in [6.45, 7) is 2.74. The molecular weight excluding hydrogens is 276 g/mol. The SMILES string of the molecule is CCc1cccc(CS(=O)(=O)N(CC#N)CC2CO2)c1. The standard InChI is InChI=1S/C14H18N2O3S/c1-2-12-4-3-5-13(8-12)11-20(17,18)16(7-6-15)9-14-10-19-14/h3-5,8,14H,2,7,9-11H2,1H3. The van der Waals surface area contributed by atoms with E-state index in [1.165, 1.54) is 4.31 Å². The highest BCUT2D eigenvalue weighted by Gasteiger charge is 2.31. The number of epoxide rings is 1. The highest BCUT2D eigenvalue weighted by molar-refractivity contribution is 7.88. The van der Waals surface area contributed by atoms with Gasteiger partial charge in [0.25, 0.3) is 0 Å². The Morgan fingerprint density at radius 1 is 1.45 bits per heavy atom. The number of nitrogens with zero attached hydrogens (tertiary/aromatic N) is 2. The van der Waals surface area contributed by atoms with Gasteiger partial charge in [-0.15, -0.1) is 0 Å². The average Bonchev–Trinajstić information content (AvgIpc) is 3.22. The first-order chi connectivity index (χ1) is 9.55. The quantitative estimate of drug-likeness (QED) is 0.561. The van der Waals surface area contributed by atoms with Crippen molar-refractivity contribution in [1.29, 1.82) is 5.26 Å². The molecule has 0 N–H and O–H groups in total. The first kappa shape index (κ1) is 15.0. The number of ether oxygens (including phenoxy) is 1. The molecule has 1 heterocycles.